The Morgan fingerprint density at radius 2 is 1.60 bits per heavy atom. The van der Waals surface area contributed by atoms with E-state index in [0.29, 0.717) is 5.46 Å². The molecule has 2 N–H and O–H groups in total. The Balaban J connectivity index is 2.01. The summed E-state index contributed by atoms with van der Waals surface area (Å²) in [6.45, 7) is 0. The molecule has 0 aliphatic carbocycles. The second kappa shape index (κ2) is 5.28. The Labute approximate surface area is 116 Å². The number of hydrogen-bond donors (Lipinski definition) is 2. The zero-order valence-electron chi connectivity index (χ0n) is 10.6. The Kier molecular flexibility index (Phi) is 3.33. The number of rotatable bonds is 3. The van der Waals surface area contributed by atoms with Crippen molar-refractivity contribution in [2.45, 2.75) is 0 Å². The molecule has 0 spiro atoms. The topological polar surface area (TPSA) is 71.2 Å². The van der Waals surface area contributed by atoms with Gasteiger partial charge in [-0.1, -0.05) is 47.7 Å². The summed E-state index contributed by atoms with van der Waals surface area (Å²) in [6.07, 6.45) is 1.70. The van der Waals surface area contributed by atoms with Gasteiger partial charge in [-0.2, -0.15) is 0 Å². The highest BCUT2D eigenvalue weighted by Gasteiger charge is 2.12. The number of nitrogens with zero attached hydrogens (tertiary/aromatic N) is 3. The van der Waals surface area contributed by atoms with Crippen molar-refractivity contribution in [2.75, 3.05) is 0 Å². The third-order valence-corrected chi connectivity index (χ3v) is 3.05. The molecular weight excluding hydrogens is 253 g/mol. The molecule has 0 saturated heterocycles. The first kappa shape index (κ1) is 12.6. The molecule has 6 heteroatoms. The molecule has 0 bridgehead atoms. The van der Waals surface area contributed by atoms with Crippen molar-refractivity contribution >= 4 is 12.6 Å². The molecule has 98 valence electrons. The highest BCUT2D eigenvalue weighted by molar-refractivity contribution is 6.58. The minimum Gasteiger partial charge on any atom is -0.423 e. The van der Waals surface area contributed by atoms with E-state index in [1.165, 1.54) is 0 Å². The Morgan fingerprint density at radius 3 is 2.25 bits per heavy atom. The number of hydrogen-bond acceptors (Lipinski definition) is 4. The molecule has 0 unspecified atom stereocenters. The molecule has 0 radical (unpaired) electrons. The summed E-state index contributed by atoms with van der Waals surface area (Å²) in [5.74, 6) is 0. The molecule has 3 aromatic rings. The molecule has 2 aromatic carbocycles. The van der Waals surface area contributed by atoms with E-state index in [4.69, 9.17) is 10.0 Å². The summed E-state index contributed by atoms with van der Waals surface area (Å²) in [6, 6.07) is 16.7. The van der Waals surface area contributed by atoms with Gasteiger partial charge in [0, 0.05) is 5.56 Å². The van der Waals surface area contributed by atoms with Crippen LogP contribution in [-0.2, 0) is 0 Å². The first-order valence-corrected chi connectivity index (χ1v) is 6.18. The first-order valence-electron chi connectivity index (χ1n) is 6.18. The lowest BCUT2D eigenvalue weighted by Crippen LogP contribution is -2.29. The van der Waals surface area contributed by atoms with Gasteiger partial charge >= 0.3 is 7.12 Å². The van der Waals surface area contributed by atoms with Crippen molar-refractivity contribution in [2.24, 2.45) is 0 Å². The van der Waals surface area contributed by atoms with Crippen molar-refractivity contribution < 1.29 is 10.0 Å². The second-order valence-electron chi connectivity index (χ2n) is 4.36. The maximum Gasteiger partial charge on any atom is 0.488 e. The van der Waals surface area contributed by atoms with Crippen molar-refractivity contribution in [1.82, 2.24) is 15.0 Å². The molecule has 20 heavy (non-hydrogen) atoms. The van der Waals surface area contributed by atoms with Crippen LogP contribution in [0, 0.1) is 0 Å². The maximum atomic E-state index is 9.10. The fourth-order valence-electron chi connectivity index (χ4n) is 2.02. The summed E-state index contributed by atoms with van der Waals surface area (Å²) >= 11 is 0. The quantitative estimate of drug-likeness (QED) is 0.681. The minimum absolute atomic E-state index is 0.440. The van der Waals surface area contributed by atoms with E-state index >= 15 is 0 Å². The normalized spacial score (nSPS) is 10.5. The van der Waals surface area contributed by atoms with Gasteiger partial charge in [0.1, 0.15) is 0 Å². The van der Waals surface area contributed by atoms with E-state index in [0.717, 1.165) is 16.9 Å². The second-order valence-corrected chi connectivity index (χ2v) is 4.36. The molecule has 0 aliphatic heterocycles. The van der Waals surface area contributed by atoms with Crippen LogP contribution in [0.1, 0.15) is 0 Å². The van der Waals surface area contributed by atoms with Crippen LogP contribution >= 0.6 is 0 Å². The zero-order chi connectivity index (χ0) is 13.9. The molecule has 3 rings (SSSR count). The fourth-order valence-corrected chi connectivity index (χ4v) is 2.02. The molecule has 0 atom stereocenters. The maximum absolute atomic E-state index is 9.10. The van der Waals surface area contributed by atoms with Gasteiger partial charge in [0.25, 0.3) is 0 Å². The zero-order valence-corrected chi connectivity index (χ0v) is 10.6. The average Bonchev–Trinajstić information content (AvgIpc) is 2.97. The summed E-state index contributed by atoms with van der Waals surface area (Å²) in [4.78, 5) is 0. The van der Waals surface area contributed by atoms with Crippen molar-refractivity contribution in [3.05, 3.63) is 60.8 Å². The lowest BCUT2D eigenvalue weighted by Gasteiger charge is -2.07. The largest absolute Gasteiger partial charge is 0.488 e. The van der Waals surface area contributed by atoms with E-state index in [9.17, 15) is 0 Å². The molecular formula is C14H12BN3O2. The molecule has 5 nitrogen and oxygen atoms in total. The van der Waals surface area contributed by atoms with Gasteiger partial charge in [0.15, 0.2) is 0 Å². The fraction of sp³-hybridized carbons (Fsp3) is 0. The first-order chi connectivity index (χ1) is 9.75. The molecule has 0 aliphatic rings. The third kappa shape index (κ3) is 2.34. The van der Waals surface area contributed by atoms with Crippen LogP contribution in [0.25, 0.3) is 16.9 Å². The molecule has 0 fully saturated rings. The Hall–Kier alpha value is -2.44. The minimum atomic E-state index is -1.46. The van der Waals surface area contributed by atoms with Gasteiger partial charge in [0.05, 0.1) is 17.6 Å². The summed E-state index contributed by atoms with van der Waals surface area (Å²) in [5, 5.41) is 26.2. The van der Waals surface area contributed by atoms with Gasteiger partial charge < -0.3 is 10.0 Å². The van der Waals surface area contributed by atoms with Crippen LogP contribution in [0.15, 0.2) is 60.8 Å². The van der Waals surface area contributed by atoms with E-state index in [2.05, 4.69) is 10.3 Å². The molecule has 1 aromatic heterocycles. The highest BCUT2D eigenvalue weighted by atomic mass is 16.4. The summed E-state index contributed by atoms with van der Waals surface area (Å²) in [7, 11) is -1.46. The van der Waals surface area contributed by atoms with Gasteiger partial charge in [-0.15, -0.1) is 5.10 Å². The van der Waals surface area contributed by atoms with Gasteiger partial charge in [-0.3, -0.25) is 0 Å². The smallest absolute Gasteiger partial charge is 0.423 e. The van der Waals surface area contributed by atoms with Crippen LogP contribution in [0.5, 0.6) is 0 Å². The van der Waals surface area contributed by atoms with E-state index in [1.807, 2.05) is 30.3 Å². The highest BCUT2D eigenvalue weighted by Crippen LogP contribution is 2.20. The molecule has 0 saturated carbocycles. The summed E-state index contributed by atoms with van der Waals surface area (Å²) < 4.78 is 1.71. The predicted molar refractivity (Wildman–Crippen MR) is 76.6 cm³/mol. The van der Waals surface area contributed by atoms with Crippen molar-refractivity contribution in [1.29, 1.82) is 0 Å². The van der Waals surface area contributed by atoms with E-state index in [1.54, 1.807) is 35.1 Å². The Bertz CT molecular complexity index is 696. The third-order valence-electron chi connectivity index (χ3n) is 3.05. The average molecular weight is 265 g/mol. The van der Waals surface area contributed by atoms with E-state index < -0.39 is 7.12 Å². The van der Waals surface area contributed by atoms with Gasteiger partial charge in [-0.05, 0) is 17.6 Å². The SMILES string of the molecule is OB(O)c1ccc(-n2nncc2-c2ccccc2)cc1. The lowest BCUT2D eigenvalue weighted by atomic mass is 9.80. The molecule has 1 heterocycles. The Morgan fingerprint density at radius 1 is 0.900 bits per heavy atom. The summed E-state index contributed by atoms with van der Waals surface area (Å²) in [5.41, 5.74) is 3.15. The van der Waals surface area contributed by atoms with Crippen LogP contribution < -0.4 is 5.46 Å². The van der Waals surface area contributed by atoms with Gasteiger partial charge in [-0.25, -0.2) is 4.68 Å². The van der Waals surface area contributed by atoms with Crippen LogP contribution in [0.3, 0.4) is 0 Å². The standard InChI is InChI=1S/C14H12BN3O2/c19-15(20)12-6-8-13(9-7-12)18-14(10-16-17-18)11-4-2-1-3-5-11/h1-10,19-20H. The lowest BCUT2D eigenvalue weighted by molar-refractivity contribution is 0.426. The monoisotopic (exact) mass is 265 g/mol. The van der Waals surface area contributed by atoms with Crippen molar-refractivity contribution in [3.8, 4) is 16.9 Å². The number of aromatic nitrogens is 3. The van der Waals surface area contributed by atoms with Crippen LogP contribution in [0.4, 0.5) is 0 Å². The van der Waals surface area contributed by atoms with E-state index in [-0.39, 0.29) is 0 Å². The van der Waals surface area contributed by atoms with Gasteiger partial charge in [0.2, 0.25) is 0 Å². The van der Waals surface area contributed by atoms with Crippen molar-refractivity contribution in [3.63, 3.8) is 0 Å². The van der Waals surface area contributed by atoms with Crippen LogP contribution in [-0.4, -0.2) is 32.2 Å². The predicted octanol–water partition coefficient (Wildman–Crippen LogP) is 0.614. The molecule has 0 amide bonds. The number of benzene rings is 2. The van der Waals surface area contributed by atoms with Crippen LogP contribution in [0.2, 0.25) is 0 Å².